The maximum atomic E-state index is 14.2. The first-order valence-electron chi connectivity index (χ1n) is 7.52. The van der Waals surface area contributed by atoms with Gasteiger partial charge in [0.2, 0.25) is 10.0 Å². The Morgan fingerprint density at radius 1 is 1.15 bits per heavy atom. The number of hydrogen-bond acceptors (Lipinski definition) is 5. The second-order valence-corrected chi connectivity index (χ2v) is 7.32. The molecule has 6 nitrogen and oxygen atoms in total. The summed E-state index contributed by atoms with van der Waals surface area (Å²) in [7, 11) is -4.15. The number of nitriles is 1. The topological polar surface area (TPSA) is 110 Å². The second-order valence-electron chi connectivity index (χ2n) is 5.79. The van der Waals surface area contributed by atoms with Crippen LogP contribution in [0, 0.1) is 31.0 Å². The molecule has 8 heteroatoms. The smallest absolute Gasteiger partial charge is 0.240 e. The minimum absolute atomic E-state index is 0.408. The number of primary sulfonamides is 1. The predicted molar refractivity (Wildman–Crippen MR) is 92.9 cm³/mol. The first kappa shape index (κ1) is 17.8. The van der Waals surface area contributed by atoms with Gasteiger partial charge in [-0.25, -0.2) is 17.9 Å². The highest BCUT2D eigenvalue weighted by Gasteiger charge is 2.20. The van der Waals surface area contributed by atoms with Crippen molar-refractivity contribution in [2.75, 3.05) is 0 Å². The van der Waals surface area contributed by atoms with Crippen molar-refractivity contribution >= 4 is 10.0 Å². The van der Waals surface area contributed by atoms with Gasteiger partial charge in [-0.3, -0.25) is 0 Å². The van der Waals surface area contributed by atoms with Gasteiger partial charge in [0.1, 0.15) is 22.2 Å². The minimum Gasteiger partial charge on any atom is -0.360 e. The van der Waals surface area contributed by atoms with Gasteiger partial charge in [-0.2, -0.15) is 5.26 Å². The van der Waals surface area contributed by atoms with Crippen LogP contribution in [0.25, 0.3) is 22.4 Å². The van der Waals surface area contributed by atoms with Crippen LogP contribution >= 0.6 is 0 Å². The van der Waals surface area contributed by atoms with E-state index in [-0.39, 0.29) is 0 Å². The van der Waals surface area contributed by atoms with Gasteiger partial charge in [0.25, 0.3) is 0 Å². The molecule has 0 amide bonds. The van der Waals surface area contributed by atoms with Crippen LogP contribution < -0.4 is 5.14 Å². The fourth-order valence-electron chi connectivity index (χ4n) is 2.73. The molecular formula is C18H14FN3O3S. The third-order valence-corrected chi connectivity index (χ3v) is 4.95. The third-order valence-electron chi connectivity index (χ3n) is 4.01. The molecule has 0 spiro atoms. The lowest BCUT2D eigenvalue weighted by molar-refractivity contribution is 0.400. The second kappa shape index (κ2) is 6.37. The molecule has 0 fully saturated rings. The van der Waals surface area contributed by atoms with Crippen molar-refractivity contribution in [1.29, 1.82) is 5.26 Å². The molecular weight excluding hydrogens is 357 g/mol. The van der Waals surface area contributed by atoms with Gasteiger partial charge >= 0.3 is 0 Å². The molecule has 0 aliphatic carbocycles. The van der Waals surface area contributed by atoms with E-state index >= 15 is 0 Å². The molecule has 0 aliphatic heterocycles. The van der Waals surface area contributed by atoms with E-state index < -0.39 is 20.7 Å². The van der Waals surface area contributed by atoms with Gasteiger partial charge in [0.15, 0.2) is 0 Å². The van der Waals surface area contributed by atoms with Crippen LogP contribution in [0.15, 0.2) is 45.8 Å². The largest absolute Gasteiger partial charge is 0.360 e. The lowest BCUT2D eigenvalue weighted by atomic mass is 9.97. The molecule has 2 N–H and O–H groups in total. The number of rotatable bonds is 3. The standard InChI is InChI=1S/C18H14FN3O3S/c1-10-7-13(3-4-14(10)9-20)18-17(11(2)25-22-18)12-5-6-16(15(19)8-12)26(21,23)24/h3-8H,1-2H3,(H2,21,23,24). The van der Waals surface area contributed by atoms with E-state index in [1.807, 2.05) is 0 Å². The quantitative estimate of drug-likeness (QED) is 0.760. The van der Waals surface area contributed by atoms with Crippen LogP contribution in [0.2, 0.25) is 0 Å². The van der Waals surface area contributed by atoms with Crippen LogP contribution in [0.1, 0.15) is 16.9 Å². The number of hydrogen-bond donors (Lipinski definition) is 1. The molecule has 1 aromatic heterocycles. The number of nitrogens with two attached hydrogens (primary N) is 1. The predicted octanol–water partition coefficient (Wildman–Crippen LogP) is 3.28. The summed E-state index contributed by atoms with van der Waals surface area (Å²) in [6.07, 6.45) is 0. The highest BCUT2D eigenvalue weighted by Crippen LogP contribution is 2.35. The van der Waals surface area contributed by atoms with Crippen molar-refractivity contribution in [2.24, 2.45) is 5.14 Å². The average molecular weight is 371 g/mol. The molecule has 3 aromatic rings. The minimum atomic E-state index is -4.15. The highest BCUT2D eigenvalue weighted by atomic mass is 32.2. The van der Waals surface area contributed by atoms with Gasteiger partial charge in [-0.05, 0) is 49.2 Å². The van der Waals surface area contributed by atoms with E-state index in [1.54, 1.807) is 32.0 Å². The SMILES string of the molecule is Cc1cc(-c2noc(C)c2-c2ccc(S(N)(=O)=O)c(F)c2)ccc1C#N. The third kappa shape index (κ3) is 3.10. The van der Waals surface area contributed by atoms with Crippen molar-refractivity contribution in [3.63, 3.8) is 0 Å². The fraction of sp³-hybridized carbons (Fsp3) is 0.111. The Labute approximate surface area is 149 Å². The van der Waals surface area contributed by atoms with Gasteiger partial charge < -0.3 is 4.52 Å². The molecule has 2 aromatic carbocycles. The van der Waals surface area contributed by atoms with E-state index in [4.69, 9.17) is 14.9 Å². The Morgan fingerprint density at radius 2 is 1.85 bits per heavy atom. The van der Waals surface area contributed by atoms with Gasteiger partial charge in [0, 0.05) is 5.56 Å². The Bertz CT molecular complexity index is 1160. The summed E-state index contributed by atoms with van der Waals surface area (Å²) in [6.45, 7) is 3.48. The van der Waals surface area contributed by atoms with Crippen molar-refractivity contribution in [3.8, 4) is 28.5 Å². The molecule has 0 saturated heterocycles. The van der Waals surface area contributed by atoms with Crippen molar-refractivity contribution in [3.05, 3.63) is 59.1 Å². The van der Waals surface area contributed by atoms with E-state index in [0.717, 1.165) is 17.7 Å². The van der Waals surface area contributed by atoms with E-state index in [2.05, 4.69) is 11.2 Å². The van der Waals surface area contributed by atoms with Crippen LogP contribution in [0.3, 0.4) is 0 Å². The molecule has 0 bridgehead atoms. The van der Waals surface area contributed by atoms with Gasteiger partial charge in [-0.1, -0.05) is 17.3 Å². The fourth-order valence-corrected chi connectivity index (χ4v) is 3.32. The number of benzene rings is 2. The van der Waals surface area contributed by atoms with Crippen molar-refractivity contribution in [1.82, 2.24) is 5.16 Å². The summed E-state index contributed by atoms with van der Waals surface area (Å²) in [5.74, 6) is -0.502. The van der Waals surface area contributed by atoms with Crippen LogP contribution in [0.5, 0.6) is 0 Å². The van der Waals surface area contributed by atoms with Crippen LogP contribution in [-0.4, -0.2) is 13.6 Å². The molecule has 3 rings (SSSR count). The zero-order valence-electron chi connectivity index (χ0n) is 13.9. The van der Waals surface area contributed by atoms with Crippen molar-refractivity contribution < 1.29 is 17.3 Å². The van der Waals surface area contributed by atoms with Gasteiger partial charge in [-0.15, -0.1) is 0 Å². The molecule has 26 heavy (non-hydrogen) atoms. The Morgan fingerprint density at radius 3 is 2.42 bits per heavy atom. The van der Waals surface area contributed by atoms with E-state index in [9.17, 15) is 12.8 Å². The van der Waals surface area contributed by atoms with E-state index in [1.165, 1.54) is 6.07 Å². The normalized spacial score (nSPS) is 11.3. The Hall–Kier alpha value is -3.02. The maximum absolute atomic E-state index is 14.2. The molecule has 0 radical (unpaired) electrons. The lowest BCUT2D eigenvalue weighted by Gasteiger charge is -2.07. The number of aryl methyl sites for hydroxylation is 2. The lowest BCUT2D eigenvalue weighted by Crippen LogP contribution is -2.13. The van der Waals surface area contributed by atoms with Crippen LogP contribution in [-0.2, 0) is 10.0 Å². The summed E-state index contributed by atoms with van der Waals surface area (Å²) in [6, 6.07) is 10.9. The summed E-state index contributed by atoms with van der Waals surface area (Å²) >= 11 is 0. The van der Waals surface area contributed by atoms with Crippen LogP contribution in [0.4, 0.5) is 4.39 Å². The molecule has 132 valence electrons. The summed E-state index contributed by atoms with van der Waals surface area (Å²) in [4.78, 5) is -0.578. The zero-order chi connectivity index (χ0) is 19.1. The Balaban J connectivity index is 2.17. The summed E-state index contributed by atoms with van der Waals surface area (Å²) < 4.78 is 42.2. The Kier molecular flexibility index (Phi) is 4.36. The number of nitrogens with zero attached hydrogens (tertiary/aromatic N) is 2. The monoisotopic (exact) mass is 371 g/mol. The molecule has 0 aliphatic rings. The molecule has 0 atom stereocenters. The van der Waals surface area contributed by atoms with E-state index in [0.29, 0.717) is 33.7 Å². The van der Waals surface area contributed by atoms with Gasteiger partial charge in [0.05, 0.1) is 17.2 Å². The highest BCUT2D eigenvalue weighted by molar-refractivity contribution is 7.89. The number of sulfonamides is 1. The summed E-state index contributed by atoms with van der Waals surface area (Å²) in [5.41, 5.74) is 3.42. The first-order chi connectivity index (χ1) is 12.2. The maximum Gasteiger partial charge on any atom is 0.240 e. The summed E-state index contributed by atoms with van der Waals surface area (Å²) in [5, 5.41) is 18.1. The molecule has 1 heterocycles. The first-order valence-corrected chi connectivity index (χ1v) is 9.07. The molecule has 0 unspecified atom stereocenters. The number of aromatic nitrogens is 1. The average Bonchev–Trinajstić information content (AvgIpc) is 2.95. The zero-order valence-corrected chi connectivity index (χ0v) is 14.8. The van der Waals surface area contributed by atoms with Crippen molar-refractivity contribution in [2.45, 2.75) is 18.7 Å². The number of halogens is 1. The molecule has 0 saturated carbocycles.